The lowest BCUT2D eigenvalue weighted by molar-refractivity contribution is 0.171. The van der Waals surface area contributed by atoms with E-state index in [4.69, 9.17) is 4.74 Å². The first kappa shape index (κ1) is 14.4. The van der Waals surface area contributed by atoms with Gasteiger partial charge in [-0.05, 0) is 43.1 Å². The van der Waals surface area contributed by atoms with Crippen molar-refractivity contribution >= 4 is 0 Å². The van der Waals surface area contributed by atoms with Gasteiger partial charge in [-0.15, -0.1) is 0 Å². The largest absolute Gasteiger partial charge is 0.496 e. The zero-order valence-corrected chi connectivity index (χ0v) is 12.8. The number of hydrogen-bond acceptors (Lipinski definition) is 3. The number of piperazine rings is 1. The predicted molar refractivity (Wildman–Crippen MR) is 79.9 cm³/mol. The minimum Gasteiger partial charge on any atom is -0.496 e. The van der Waals surface area contributed by atoms with Crippen molar-refractivity contribution < 1.29 is 4.74 Å². The van der Waals surface area contributed by atoms with E-state index in [0.717, 1.165) is 25.4 Å². The smallest absolute Gasteiger partial charge is 0.122 e. The highest BCUT2D eigenvalue weighted by Gasteiger charge is 2.31. The zero-order valence-electron chi connectivity index (χ0n) is 12.8. The molecule has 0 spiro atoms. The molecule has 0 saturated carbocycles. The quantitative estimate of drug-likeness (QED) is 0.906. The van der Waals surface area contributed by atoms with E-state index in [1.807, 2.05) is 0 Å². The maximum absolute atomic E-state index is 5.47. The van der Waals surface area contributed by atoms with Crippen LogP contribution < -0.4 is 10.1 Å². The summed E-state index contributed by atoms with van der Waals surface area (Å²) < 4.78 is 5.47. The first-order valence-corrected chi connectivity index (χ1v) is 7.08. The molecule has 0 radical (unpaired) electrons. The van der Waals surface area contributed by atoms with E-state index in [0.29, 0.717) is 5.92 Å². The molecule has 1 aliphatic rings. The molecule has 0 aliphatic carbocycles. The van der Waals surface area contributed by atoms with E-state index in [-0.39, 0.29) is 5.54 Å². The summed E-state index contributed by atoms with van der Waals surface area (Å²) >= 11 is 0. The van der Waals surface area contributed by atoms with Crippen molar-refractivity contribution in [2.75, 3.05) is 33.8 Å². The summed E-state index contributed by atoms with van der Waals surface area (Å²) in [5.41, 5.74) is 2.67. The molecule has 106 valence electrons. The molecule has 1 aromatic carbocycles. The molecular weight excluding hydrogens is 236 g/mol. The van der Waals surface area contributed by atoms with Gasteiger partial charge in [0.15, 0.2) is 0 Å². The molecule has 2 rings (SSSR count). The average Bonchev–Trinajstić information content (AvgIpc) is 2.37. The summed E-state index contributed by atoms with van der Waals surface area (Å²) in [7, 11) is 3.93. The second-order valence-electron chi connectivity index (χ2n) is 6.11. The number of nitrogens with zero attached hydrogens (tertiary/aromatic N) is 1. The zero-order chi connectivity index (χ0) is 14.0. The van der Waals surface area contributed by atoms with Crippen LogP contribution in [0.25, 0.3) is 0 Å². The van der Waals surface area contributed by atoms with Crippen LogP contribution in [-0.4, -0.2) is 38.7 Å². The fourth-order valence-electron chi connectivity index (χ4n) is 2.92. The van der Waals surface area contributed by atoms with E-state index in [9.17, 15) is 0 Å². The van der Waals surface area contributed by atoms with E-state index < -0.39 is 0 Å². The maximum Gasteiger partial charge on any atom is 0.122 e. The molecule has 1 aliphatic heterocycles. The van der Waals surface area contributed by atoms with Crippen molar-refractivity contribution in [3.8, 4) is 5.75 Å². The number of likely N-dealkylation sites (N-methyl/N-ethyl adjacent to an activating group) is 1. The van der Waals surface area contributed by atoms with Crippen LogP contribution in [0.15, 0.2) is 18.2 Å². The molecule has 1 unspecified atom stereocenters. The van der Waals surface area contributed by atoms with Crippen molar-refractivity contribution in [2.24, 2.45) is 0 Å². The first-order valence-electron chi connectivity index (χ1n) is 7.08. The molecule has 1 saturated heterocycles. The van der Waals surface area contributed by atoms with Gasteiger partial charge in [-0.3, -0.25) is 0 Å². The molecule has 0 aromatic heterocycles. The molecule has 3 heteroatoms. The van der Waals surface area contributed by atoms with Crippen LogP contribution in [0.5, 0.6) is 5.75 Å². The van der Waals surface area contributed by atoms with E-state index in [1.54, 1.807) is 7.11 Å². The molecule has 0 amide bonds. The molecular formula is C16H26N2O. The van der Waals surface area contributed by atoms with Crippen molar-refractivity contribution in [3.63, 3.8) is 0 Å². The summed E-state index contributed by atoms with van der Waals surface area (Å²) in [6.07, 6.45) is 0. The molecule has 1 heterocycles. The number of ether oxygens (including phenoxy) is 1. The number of hydrogen-bond donors (Lipinski definition) is 1. The predicted octanol–water partition coefficient (Wildman–Crippen LogP) is 2.57. The van der Waals surface area contributed by atoms with Gasteiger partial charge in [0, 0.05) is 19.6 Å². The monoisotopic (exact) mass is 262 g/mol. The Kier molecular flexibility index (Phi) is 4.16. The third-order valence-corrected chi connectivity index (χ3v) is 4.08. The van der Waals surface area contributed by atoms with Gasteiger partial charge in [0.1, 0.15) is 5.75 Å². The number of benzene rings is 1. The third kappa shape index (κ3) is 2.93. The van der Waals surface area contributed by atoms with Gasteiger partial charge in [-0.2, -0.15) is 0 Å². The van der Waals surface area contributed by atoms with Crippen LogP contribution in [0.2, 0.25) is 0 Å². The van der Waals surface area contributed by atoms with Gasteiger partial charge in [0.25, 0.3) is 0 Å². The molecule has 1 aromatic rings. The number of methoxy groups -OCH3 is 1. The van der Waals surface area contributed by atoms with Crippen LogP contribution in [0, 0.1) is 0 Å². The lowest BCUT2D eigenvalue weighted by Crippen LogP contribution is -2.55. The Morgan fingerprint density at radius 2 is 2.11 bits per heavy atom. The molecule has 1 atom stereocenters. The topological polar surface area (TPSA) is 24.5 Å². The Hall–Kier alpha value is -1.06. The van der Waals surface area contributed by atoms with E-state index in [2.05, 4.69) is 56.2 Å². The number of rotatable bonds is 3. The normalized spacial score (nSPS) is 24.7. The molecule has 1 N–H and O–H groups in total. The van der Waals surface area contributed by atoms with Crippen molar-refractivity contribution in [1.29, 1.82) is 0 Å². The highest BCUT2D eigenvalue weighted by Crippen LogP contribution is 2.32. The van der Waals surface area contributed by atoms with Crippen LogP contribution in [-0.2, 0) is 5.54 Å². The van der Waals surface area contributed by atoms with Gasteiger partial charge in [0.2, 0.25) is 0 Å². The second kappa shape index (κ2) is 5.51. The fourth-order valence-corrected chi connectivity index (χ4v) is 2.92. The summed E-state index contributed by atoms with van der Waals surface area (Å²) in [4.78, 5) is 2.38. The maximum atomic E-state index is 5.47. The Labute approximate surface area is 116 Å². The van der Waals surface area contributed by atoms with Crippen molar-refractivity contribution in [3.05, 3.63) is 29.3 Å². The summed E-state index contributed by atoms with van der Waals surface area (Å²) in [6, 6.07) is 6.60. The first-order chi connectivity index (χ1) is 8.96. The van der Waals surface area contributed by atoms with Crippen LogP contribution in [0.3, 0.4) is 0 Å². The Morgan fingerprint density at radius 3 is 2.68 bits per heavy atom. The van der Waals surface area contributed by atoms with E-state index >= 15 is 0 Å². The number of nitrogens with one attached hydrogen (secondary N) is 1. The van der Waals surface area contributed by atoms with Gasteiger partial charge >= 0.3 is 0 Å². The van der Waals surface area contributed by atoms with Crippen LogP contribution >= 0.6 is 0 Å². The SMILES string of the molecule is COc1ccc(C2(C)CN(C)CCN2)cc1C(C)C. The molecule has 1 fully saturated rings. The van der Waals surface area contributed by atoms with Gasteiger partial charge in [0.05, 0.1) is 12.6 Å². The van der Waals surface area contributed by atoms with E-state index in [1.165, 1.54) is 11.1 Å². The highest BCUT2D eigenvalue weighted by molar-refractivity contribution is 5.42. The standard InChI is InChI=1S/C16H26N2O/c1-12(2)14-10-13(6-7-15(14)19-5)16(3)11-18(4)9-8-17-16/h6-7,10,12,17H,8-9,11H2,1-5H3. The lowest BCUT2D eigenvalue weighted by atomic mass is 9.87. The van der Waals surface area contributed by atoms with Gasteiger partial charge in [-0.25, -0.2) is 0 Å². The van der Waals surface area contributed by atoms with Gasteiger partial charge in [-0.1, -0.05) is 19.9 Å². The second-order valence-corrected chi connectivity index (χ2v) is 6.11. The Bertz CT molecular complexity index is 444. The van der Waals surface area contributed by atoms with Crippen LogP contribution in [0.1, 0.15) is 37.8 Å². The molecule has 3 nitrogen and oxygen atoms in total. The Morgan fingerprint density at radius 1 is 1.37 bits per heavy atom. The summed E-state index contributed by atoms with van der Waals surface area (Å²) in [6.45, 7) is 9.90. The molecule has 0 bridgehead atoms. The minimum absolute atomic E-state index is 0.0307. The summed E-state index contributed by atoms with van der Waals surface area (Å²) in [5, 5.41) is 3.66. The van der Waals surface area contributed by atoms with Crippen molar-refractivity contribution in [1.82, 2.24) is 10.2 Å². The minimum atomic E-state index is 0.0307. The van der Waals surface area contributed by atoms with Crippen LogP contribution in [0.4, 0.5) is 0 Å². The molecule has 19 heavy (non-hydrogen) atoms. The third-order valence-electron chi connectivity index (χ3n) is 4.08. The lowest BCUT2D eigenvalue weighted by Gasteiger charge is -2.40. The summed E-state index contributed by atoms with van der Waals surface area (Å²) in [5.74, 6) is 1.46. The highest BCUT2D eigenvalue weighted by atomic mass is 16.5. The fraction of sp³-hybridized carbons (Fsp3) is 0.625. The van der Waals surface area contributed by atoms with Gasteiger partial charge < -0.3 is 15.0 Å². The Balaban J connectivity index is 2.37. The van der Waals surface area contributed by atoms with Crippen molar-refractivity contribution in [2.45, 2.75) is 32.2 Å². The average molecular weight is 262 g/mol.